The van der Waals surface area contributed by atoms with Gasteiger partial charge in [0.2, 0.25) is 0 Å². The number of nitrogens with zero attached hydrogens (tertiary/aromatic N) is 3. The van der Waals surface area contributed by atoms with Gasteiger partial charge in [-0.2, -0.15) is 0 Å². The molecule has 0 saturated carbocycles. The van der Waals surface area contributed by atoms with Crippen LogP contribution in [0, 0.1) is 6.92 Å². The first-order valence-corrected chi connectivity index (χ1v) is 9.77. The van der Waals surface area contributed by atoms with E-state index in [1.54, 1.807) is 0 Å². The Bertz CT molecular complexity index is 737. The number of aromatic nitrogens is 1. The van der Waals surface area contributed by atoms with Crippen molar-refractivity contribution in [1.82, 2.24) is 14.8 Å². The summed E-state index contributed by atoms with van der Waals surface area (Å²) in [5, 5.41) is 9.88. The molecular weight excluding hydrogens is 350 g/mol. The van der Waals surface area contributed by atoms with Crippen LogP contribution >= 0.6 is 11.3 Å². The number of amides is 1. The molecule has 1 aromatic heterocycles. The van der Waals surface area contributed by atoms with E-state index in [-0.39, 0.29) is 12.5 Å². The number of carbonyl (C=O) groups excluding carboxylic acids is 1. The lowest BCUT2D eigenvalue weighted by Gasteiger charge is -2.34. The molecule has 0 atom stereocenters. The van der Waals surface area contributed by atoms with Crippen molar-refractivity contribution in [1.29, 1.82) is 0 Å². The van der Waals surface area contributed by atoms with E-state index in [9.17, 15) is 4.79 Å². The molecule has 1 saturated heterocycles. The van der Waals surface area contributed by atoms with Gasteiger partial charge in [0.1, 0.15) is 15.6 Å². The molecule has 1 amide bonds. The average molecular weight is 375 g/mol. The first-order valence-electron chi connectivity index (χ1n) is 8.95. The van der Waals surface area contributed by atoms with Gasteiger partial charge in [0.05, 0.1) is 18.9 Å². The van der Waals surface area contributed by atoms with Crippen molar-refractivity contribution >= 4 is 17.2 Å². The summed E-state index contributed by atoms with van der Waals surface area (Å²) in [6.45, 7) is 8.30. The molecule has 1 aromatic carbocycles. The minimum Gasteiger partial charge on any atom is -0.494 e. The predicted octanol–water partition coefficient (Wildman–Crippen LogP) is 2.27. The van der Waals surface area contributed by atoms with Crippen LogP contribution in [0.5, 0.6) is 5.75 Å². The van der Waals surface area contributed by atoms with E-state index in [4.69, 9.17) is 9.84 Å². The van der Waals surface area contributed by atoms with Crippen LogP contribution in [-0.2, 0) is 0 Å². The van der Waals surface area contributed by atoms with Crippen LogP contribution in [0.15, 0.2) is 24.3 Å². The standard InChI is InChI=1S/C19H25N3O3S/c1-3-25-16-6-4-15(5-7-16)18-20-14(2)17(26-18)19(24)22-10-8-21(9-11-22)12-13-23/h4-7,23H,3,8-13H2,1-2H3. The van der Waals surface area contributed by atoms with Gasteiger partial charge in [-0.25, -0.2) is 4.98 Å². The summed E-state index contributed by atoms with van der Waals surface area (Å²) in [7, 11) is 0. The Morgan fingerprint density at radius 1 is 1.23 bits per heavy atom. The van der Waals surface area contributed by atoms with E-state index in [0.717, 1.165) is 35.1 Å². The molecule has 0 spiro atoms. The summed E-state index contributed by atoms with van der Waals surface area (Å²) in [6, 6.07) is 7.81. The Morgan fingerprint density at radius 3 is 2.54 bits per heavy atom. The molecule has 1 fully saturated rings. The number of carbonyl (C=O) groups is 1. The molecule has 3 rings (SSSR count). The maximum Gasteiger partial charge on any atom is 0.265 e. The number of hydrogen-bond donors (Lipinski definition) is 1. The fourth-order valence-corrected chi connectivity index (χ4v) is 4.08. The molecular formula is C19H25N3O3S. The minimum absolute atomic E-state index is 0.0563. The molecule has 26 heavy (non-hydrogen) atoms. The molecule has 0 radical (unpaired) electrons. The van der Waals surface area contributed by atoms with Crippen LogP contribution in [0.1, 0.15) is 22.3 Å². The van der Waals surface area contributed by atoms with E-state index in [0.29, 0.717) is 31.1 Å². The van der Waals surface area contributed by atoms with Gasteiger partial charge < -0.3 is 14.7 Å². The summed E-state index contributed by atoms with van der Waals surface area (Å²) < 4.78 is 5.47. The van der Waals surface area contributed by atoms with Crippen LogP contribution in [0.4, 0.5) is 0 Å². The molecule has 2 aromatic rings. The largest absolute Gasteiger partial charge is 0.494 e. The second-order valence-electron chi connectivity index (χ2n) is 6.25. The highest BCUT2D eigenvalue weighted by Crippen LogP contribution is 2.30. The third-order valence-electron chi connectivity index (χ3n) is 4.48. The van der Waals surface area contributed by atoms with Crippen LogP contribution in [-0.4, -0.2) is 71.7 Å². The fraction of sp³-hybridized carbons (Fsp3) is 0.474. The van der Waals surface area contributed by atoms with Gasteiger partial charge >= 0.3 is 0 Å². The van der Waals surface area contributed by atoms with E-state index in [2.05, 4.69) is 9.88 Å². The first-order chi connectivity index (χ1) is 12.6. The van der Waals surface area contributed by atoms with Gasteiger partial charge in [-0.3, -0.25) is 9.69 Å². The number of β-amino-alcohol motifs (C(OH)–C–C–N with tert-alkyl or cyclic N) is 1. The molecule has 1 aliphatic heterocycles. The van der Waals surface area contributed by atoms with Crippen molar-refractivity contribution in [2.45, 2.75) is 13.8 Å². The normalized spacial score (nSPS) is 15.3. The van der Waals surface area contributed by atoms with Crippen molar-refractivity contribution in [3.63, 3.8) is 0 Å². The van der Waals surface area contributed by atoms with Crippen molar-refractivity contribution < 1.29 is 14.6 Å². The fourth-order valence-electron chi connectivity index (χ4n) is 3.04. The zero-order chi connectivity index (χ0) is 18.5. The lowest BCUT2D eigenvalue weighted by Crippen LogP contribution is -2.49. The highest BCUT2D eigenvalue weighted by Gasteiger charge is 2.25. The van der Waals surface area contributed by atoms with E-state index in [1.165, 1.54) is 11.3 Å². The number of hydrogen-bond acceptors (Lipinski definition) is 6. The summed E-state index contributed by atoms with van der Waals surface area (Å²) >= 11 is 1.45. The van der Waals surface area contributed by atoms with E-state index >= 15 is 0 Å². The van der Waals surface area contributed by atoms with E-state index in [1.807, 2.05) is 43.0 Å². The van der Waals surface area contributed by atoms with Crippen molar-refractivity contribution in [2.24, 2.45) is 0 Å². The molecule has 7 heteroatoms. The molecule has 6 nitrogen and oxygen atoms in total. The van der Waals surface area contributed by atoms with E-state index < -0.39 is 0 Å². The number of rotatable bonds is 6. The summed E-state index contributed by atoms with van der Waals surface area (Å²) in [5.74, 6) is 0.891. The second-order valence-corrected chi connectivity index (χ2v) is 7.25. The zero-order valence-corrected chi connectivity index (χ0v) is 16.1. The molecule has 140 valence electrons. The van der Waals surface area contributed by atoms with Gasteiger partial charge in [-0.05, 0) is 38.1 Å². The molecule has 0 aliphatic carbocycles. The van der Waals surface area contributed by atoms with Crippen molar-refractivity contribution in [3.8, 4) is 16.3 Å². The monoisotopic (exact) mass is 375 g/mol. The van der Waals surface area contributed by atoms with Gasteiger partial charge in [0.15, 0.2) is 0 Å². The van der Waals surface area contributed by atoms with Gasteiger partial charge in [0.25, 0.3) is 5.91 Å². The Kier molecular flexibility index (Phi) is 6.24. The second kappa shape index (κ2) is 8.62. The Morgan fingerprint density at radius 2 is 1.92 bits per heavy atom. The SMILES string of the molecule is CCOc1ccc(-c2nc(C)c(C(=O)N3CCN(CCO)CC3)s2)cc1. The lowest BCUT2D eigenvalue weighted by molar-refractivity contribution is 0.0618. The Labute approximate surface area is 158 Å². The smallest absolute Gasteiger partial charge is 0.265 e. The number of benzene rings is 1. The first kappa shape index (κ1) is 18.8. The molecule has 1 N–H and O–H groups in total. The molecule has 1 aliphatic rings. The number of aryl methyl sites for hydroxylation is 1. The number of ether oxygens (including phenoxy) is 1. The maximum atomic E-state index is 12.9. The summed E-state index contributed by atoms with van der Waals surface area (Å²) in [5.41, 5.74) is 1.77. The van der Waals surface area contributed by atoms with Gasteiger partial charge in [0, 0.05) is 38.3 Å². The maximum absolute atomic E-state index is 12.9. The molecule has 0 bridgehead atoms. The summed E-state index contributed by atoms with van der Waals surface area (Å²) in [6.07, 6.45) is 0. The van der Waals surface area contributed by atoms with Crippen LogP contribution in [0.3, 0.4) is 0 Å². The Balaban J connectivity index is 1.70. The molecule has 0 unspecified atom stereocenters. The third kappa shape index (κ3) is 4.23. The van der Waals surface area contributed by atoms with Crippen LogP contribution < -0.4 is 4.74 Å². The van der Waals surface area contributed by atoms with Gasteiger partial charge in [-0.1, -0.05) is 0 Å². The van der Waals surface area contributed by atoms with Crippen LogP contribution in [0.25, 0.3) is 10.6 Å². The minimum atomic E-state index is 0.0563. The quantitative estimate of drug-likeness (QED) is 0.839. The molecule has 2 heterocycles. The lowest BCUT2D eigenvalue weighted by atomic mass is 10.2. The van der Waals surface area contributed by atoms with Crippen molar-refractivity contribution in [3.05, 3.63) is 34.8 Å². The highest BCUT2D eigenvalue weighted by molar-refractivity contribution is 7.17. The predicted molar refractivity (Wildman–Crippen MR) is 103 cm³/mol. The zero-order valence-electron chi connectivity index (χ0n) is 15.3. The Hall–Kier alpha value is -1.96. The topological polar surface area (TPSA) is 65.9 Å². The van der Waals surface area contributed by atoms with Crippen molar-refractivity contribution in [2.75, 3.05) is 45.9 Å². The average Bonchev–Trinajstić information content (AvgIpc) is 3.05. The number of piperazine rings is 1. The number of thiazole rings is 1. The van der Waals surface area contributed by atoms with Gasteiger partial charge in [-0.15, -0.1) is 11.3 Å². The number of aliphatic hydroxyl groups excluding tert-OH is 1. The van der Waals surface area contributed by atoms with Crippen LogP contribution in [0.2, 0.25) is 0 Å². The third-order valence-corrected chi connectivity index (χ3v) is 5.67. The number of aliphatic hydroxyl groups is 1. The summed E-state index contributed by atoms with van der Waals surface area (Å²) in [4.78, 5) is 22.3. The highest BCUT2D eigenvalue weighted by atomic mass is 32.1.